The van der Waals surface area contributed by atoms with Crippen molar-refractivity contribution in [2.45, 2.75) is 49.0 Å². The lowest BCUT2D eigenvalue weighted by molar-refractivity contribution is 0.145. The maximum Gasteiger partial charge on any atom is 0.354 e. The second-order valence-corrected chi connectivity index (χ2v) is 10.5. The van der Waals surface area contributed by atoms with Gasteiger partial charge in [-0.2, -0.15) is 5.10 Å². The lowest BCUT2D eigenvalue weighted by Crippen LogP contribution is -2.19. The van der Waals surface area contributed by atoms with E-state index in [2.05, 4.69) is 20.8 Å². The van der Waals surface area contributed by atoms with E-state index in [1.165, 1.54) is 17.3 Å². The van der Waals surface area contributed by atoms with Crippen molar-refractivity contribution in [1.82, 2.24) is 9.78 Å². The third-order valence-electron chi connectivity index (χ3n) is 6.67. The highest BCUT2D eigenvalue weighted by Crippen LogP contribution is 2.44. The predicted octanol–water partition coefficient (Wildman–Crippen LogP) is 2.56. The SMILES string of the molecule is COC[C@H]1CCc2cc3c(c(NC(=O)N=S(N)(=O)c4cnn5c4OC[C@@H]5COC)c21)CCC3. The van der Waals surface area contributed by atoms with Crippen LogP contribution < -0.4 is 15.2 Å². The number of methoxy groups -OCH3 is 2. The second-order valence-electron chi connectivity index (χ2n) is 8.78. The number of carbonyl (C=O) groups excluding carboxylic acids is 1. The van der Waals surface area contributed by atoms with Crippen molar-refractivity contribution in [3.05, 3.63) is 34.5 Å². The minimum absolute atomic E-state index is 0.108. The van der Waals surface area contributed by atoms with E-state index in [4.69, 9.17) is 19.3 Å². The smallest absolute Gasteiger partial charge is 0.354 e. The van der Waals surface area contributed by atoms with Gasteiger partial charge in [-0.25, -0.2) is 18.8 Å². The minimum Gasteiger partial charge on any atom is -0.475 e. The second kappa shape index (κ2) is 8.71. The number of carbonyl (C=O) groups is 1. The van der Waals surface area contributed by atoms with E-state index in [0.717, 1.165) is 48.9 Å². The maximum absolute atomic E-state index is 13.3. The first-order valence-corrected chi connectivity index (χ1v) is 12.7. The van der Waals surface area contributed by atoms with Crippen LogP contribution in [-0.2, 0) is 38.7 Å². The number of aromatic nitrogens is 2. The standard InChI is InChI=1S/C22H29N5O5S/c1-30-10-15-7-6-14-8-13-4-3-5-17(13)20(19(14)15)25-22(28)26-33(23,29)18-9-24-27-16(11-31-2)12-32-21(18)27/h8-9,15-16H,3-7,10-12H2,1-2H3,(H3,23,25,26,28,29)/t15-,16+,33?/m1/s1. The molecule has 1 aromatic carbocycles. The summed E-state index contributed by atoms with van der Waals surface area (Å²) in [5.74, 6) is 0.473. The number of nitrogens with two attached hydrogens (primary N) is 1. The molecular formula is C22H29N5O5S. The number of anilines is 1. The van der Waals surface area contributed by atoms with Crippen molar-refractivity contribution in [3.8, 4) is 5.88 Å². The molecular weight excluding hydrogens is 446 g/mol. The number of benzene rings is 1. The molecule has 0 radical (unpaired) electrons. The Morgan fingerprint density at radius 3 is 2.91 bits per heavy atom. The third kappa shape index (κ3) is 3.92. The van der Waals surface area contributed by atoms with Gasteiger partial charge >= 0.3 is 6.03 Å². The molecule has 3 N–H and O–H groups in total. The fraction of sp³-hybridized carbons (Fsp3) is 0.545. The third-order valence-corrected chi connectivity index (χ3v) is 8.01. The monoisotopic (exact) mass is 475 g/mol. The van der Waals surface area contributed by atoms with Crippen molar-refractivity contribution >= 4 is 21.6 Å². The van der Waals surface area contributed by atoms with Crippen LogP contribution in [0.15, 0.2) is 21.5 Å². The highest BCUT2D eigenvalue weighted by molar-refractivity contribution is 7.91. The number of ether oxygens (including phenoxy) is 3. The molecule has 2 heterocycles. The molecule has 3 aliphatic rings. The van der Waals surface area contributed by atoms with Gasteiger partial charge in [-0.15, -0.1) is 4.36 Å². The Balaban J connectivity index is 1.47. The summed E-state index contributed by atoms with van der Waals surface area (Å²) < 4.78 is 35.0. The van der Waals surface area contributed by atoms with Crippen molar-refractivity contribution in [3.63, 3.8) is 0 Å². The molecule has 0 saturated carbocycles. The molecule has 1 aromatic heterocycles. The van der Waals surface area contributed by atoms with Gasteiger partial charge in [-0.3, -0.25) is 0 Å². The molecule has 1 unspecified atom stereocenters. The molecule has 11 heteroatoms. The topological polar surface area (TPSA) is 130 Å². The minimum atomic E-state index is -3.56. The molecule has 10 nitrogen and oxygen atoms in total. The molecule has 0 bridgehead atoms. The number of amides is 2. The zero-order valence-corrected chi connectivity index (χ0v) is 19.7. The summed E-state index contributed by atoms with van der Waals surface area (Å²) in [4.78, 5) is 13.1. The summed E-state index contributed by atoms with van der Waals surface area (Å²) in [5, 5.41) is 13.2. The Morgan fingerprint density at radius 2 is 2.12 bits per heavy atom. The Morgan fingerprint density at radius 1 is 1.30 bits per heavy atom. The van der Waals surface area contributed by atoms with E-state index in [9.17, 15) is 9.00 Å². The number of rotatable bonds is 6. The fourth-order valence-electron chi connectivity index (χ4n) is 5.27. The van der Waals surface area contributed by atoms with Gasteiger partial charge in [0, 0.05) is 25.8 Å². The Hall–Kier alpha value is -2.47. The van der Waals surface area contributed by atoms with Crippen LogP contribution in [-0.4, -0.2) is 54.1 Å². The maximum atomic E-state index is 13.3. The summed E-state index contributed by atoms with van der Waals surface area (Å²) in [7, 11) is -0.290. The average Bonchev–Trinajstić information content (AvgIpc) is 3.53. The van der Waals surface area contributed by atoms with Gasteiger partial charge in [0.15, 0.2) is 9.92 Å². The van der Waals surface area contributed by atoms with Crippen molar-refractivity contribution in [2.75, 3.05) is 39.4 Å². The number of aryl methyl sites for hydroxylation is 2. The highest BCUT2D eigenvalue weighted by atomic mass is 32.2. The van der Waals surface area contributed by atoms with Crippen LogP contribution >= 0.6 is 0 Å². The molecule has 1 aliphatic heterocycles. The molecule has 3 atom stereocenters. The number of nitrogens with one attached hydrogen (secondary N) is 1. The van der Waals surface area contributed by atoms with E-state index in [0.29, 0.717) is 19.8 Å². The summed E-state index contributed by atoms with van der Waals surface area (Å²) in [6.07, 6.45) is 6.20. The summed E-state index contributed by atoms with van der Waals surface area (Å²) in [6, 6.07) is 1.39. The molecule has 0 fully saturated rings. The Bertz CT molecular complexity index is 1220. The van der Waals surface area contributed by atoms with Gasteiger partial charge in [0.2, 0.25) is 5.88 Å². The molecule has 0 spiro atoms. The molecule has 2 aromatic rings. The number of hydrogen-bond donors (Lipinski definition) is 2. The van der Waals surface area contributed by atoms with Gasteiger partial charge in [-0.1, -0.05) is 6.07 Å². The zero-order chi connectivity index (χ0) is 23.2. The quantitative estimate of drug-likeness (QED) is 0.660. The zero-order valence-electron chi connectivity index (χ0n) is 18.8. The summed E-state index contributed by atoms with van der Waals surface area (Å²) >= 11 is 0. The largest absolute Gasteiger partial charge is 0.475 e. The van der Waals surface area contributed by atoms with Crippen LogP contribution in [0.3, 0.4) is 0 Å². The number of nitrogens with zero attached hydrogens (tertiary/aromatic N) is 3. The molecule has 0 saturated heterocycles. The fourth-order valence-corrected chi connectivity index (χ4v) is 6.26. The Kier molecular flexibility index (Phi) is 5.89. The van der Waals surface area contributed by atoms with Gasteiger partial charge < -0.3 is 19.5 Å². The summed E-state index contributed by atoms with van der Waals surface area (Å²) in [5.41, 5.74) is 5.55. The number of hydrogen-bond acceptors (Lipinski definition) is 6. The van der Waals surface area contributed by atoms with Gasteiger partial charge in [0.1, 0.15) is 17.5 Å². The van der Waals surface area contributed by atoms with E-state index < -0.39 is 15.9 Å². The van der Waals surface area contributed by atoms with Gasteiger partial charge in [-0.05, 0) is 54.4 Å². The Labute approximate surface area is 193 Å². The van der Waals surface area contributed by atoms with E-state index >= 15 is 0 Å². The van der Waals surface area contributed by atoms with Crippen molar-refractivity contribution in [2.24, 2.45) is 9.50 Å². The first-order valence-electron chi connectivity index (χ1n) is 11.1. The van der Waals surface area contributed by atoms with E-state index in [1.54, 1.807) is 18.9 Å². The van der Waals surface area contributed by atoms with Crippen LogP contribution in [0.25, 0.3) is 0 Å². The van der Waals surface area contributed by atoms with Crippen LogP contribution in [0, 0.1) is 0 Å². The first-order chi connectivity index (χ1) is 15.9. The van der Waals surface area contributed by atoms with Crippen molar-refractivity contribution < 1.29 is 23.2 Å². The average molecular weight is 476 g/mol. The number of urea groups is 1. The van der Waals surface area contributed by atoms with Crippen LogP contribution in [0.5, 0.6) is 5.88 Å². The van der Waals surface area contributed by atoms with E-state index in [1.807, 2.05) is 0 Å². The normalized spacial score (nSPS) is 22.3. The van der Waals surface area contributed by atoms with E-state index in [-0.39, 0.29) is 22.7 Å². The lowest BCUT2D eigenvalue weighted by atomic mass is 9.94. The number of fused-ring (bicyclic) bond motifs is 3. The predicted molar refractivity (Wildman–Crippen MR) is 122 cm³/mol. The lowest BCUT2D eigenvalue weighted by Gasteiger charge is -2.19. The molecule has 2 amide bonds. The molecule has 2 aliphatic carbocycles. The first kappa shape index (κ1) is 22.3. The molecule has 33 heavy (non-hydrogen) atoms. The van der Waals surface area contributed by atoms with Crippen molar-refractivity contribution in [1.29, 1.82) is 0 Å². The van der Waals surface area contributed by atoms with Gasteiger partial charge in [0.05, 0.1) is 19.4 Å². The van der Waals surface area contributed by atoms with Gasteiger partial charge in [0.25, 0.3) is 0 Å². The van der Waals surface area contributed by atoms with Crippen LogP contribution in [0.2, 0.25) is 0 Å². The molecule has 178 valence electrons. The molecule has 5 rings (SSSR count). The van der Waals surface area contributed by atoms with Crippen LogP contribution in [0.1, 0.15) is 47.1 Å². The highest BCUT2D eigenvalue weighted by Gasteiger charge is 2.33. The van der Waals surface area contributed by atoms with Crippen LogP contribution in [0.4, 0.5) is 10.5 Å². The summed E-state index contributed by atoms with van der Waals surface area (Å²) in [6.45, 7) is 1.31.